The number of pyridine rings is 1. The van der Waals surface area contributed by atoms with Gasteiger partial charge in [-0.15, -0.1) is 24.8 Å². The molecule has 0 saturated heterocycles. The van der Waals surface area contributed by atoms with E-state index in [4.69, 9.17) is 10.3 Å². The van der Waals surface area contributed by atoms with Crippen molar-refractivity contribution in [3.8, 4) is 0 Å². The van der Waals surface area contributed by atoms with Gasteiger partial charge in [0.1, 0.15) is 0 Å². The fourth-order valence-corrected chi connectivity index (χ4v) is 2.78. The van der Waals surface area contributed by atoms with Crippen LogP contribution in [-0.2, 0) is 4.79 Å². The Labute approximate surface area is 141 Å². The molecule has 0 aliphatic heterocycles. The van der Waals surface area contributed by atoms with Crippen LogP contribution in [0.5, 0.6) is 0 Å². The smallest absolute Gasteiger partial charge is 0.258 e. The van der Waals surface area contributed by atoms with Crippen molar-refractivity contribution in [1.29, 1.82) is 0 Å². The Balaban J connectivity index is 0.00000121. The molecule has 8 heteroatoms. The first-order valence-electron chi connectivity index (χ1n) is 6.91. The highest BCUT2D eigenvalue weighted by Crippen LogP contribution is 2.27. The van der Waals surface area contributed by atoms with Gasteiger partial charge >= 0.3 is 0 Å². The molecule has 3 rings (SSSR count). The number of halogens is 2. The lowest BCUT2D eigenvalue weighted by Gasteiger charge is -2.14. The van der Waals surface area contributed by atoms with Gasteiger partial charge in [-0.2, -0.15) is 0 Å². The molecular formula is C14H20Cl2N4O2. The fraction of sp³-hybridized carbons (Fsp3) is 0.500. The number of hydrogen-bond acceptors (Lipinski definition) is 5. The van der Waals surface area contributed by atoms with Crippen molar-refractivity contribution in [2.24, 2.45) is 11.7 Å². The molecule has 1 saturated carbocycles. The zero-order chi connectivity index (χ0) is 14.1. The van der Waals surface area contributed by atoms with E-state index in [-0.39, 0.29) is 36.8 Å². The van der Waals surface area contributed by atoms with Gasteiger partial charge in [-0.3, -0.25) is 4.79 Å². The van der Waals surface area contributed by atoms with Crippen LogP contribution in [0.4, 0.5) is 5.69 Å². The Hall–Kier alpha value is -1.37. The molecule has 1 aliphatic rings. The van der Waals surface area contributed by atoms with E-state index in [0.717, 1.165) is 30.3 Å². The Kier molecular flexibility index (Phi) is 6.59. The van der Waals surface area contributed by atoms with Gasteiger partial charge in [0.2, 0.25) is 5.91 Å². The summed E-state index contributed by atoms with van der Waals surface area (Å²) in [5, 5.41) is 7.53. The molecule has 6 nitrogen and oxygen atoms in total. The Morgan fingerprint density at radius 2 is 2.23 bits per heavy atom. The summed E-state index contributed by atoms with van der Waals surface area (Å²) in [6.45, 7) is 1.84. The average Bonchev–Trinajstić information content (AvgIpc) is 2.98. The molecule has 22 heavy (non-hydrogen) atoms. The molecule has 1 fully saturated rings. The topological polar surface area (TPSA) is 94.0 Å². The third-order valence-corrected chi connectivity index (χ3v) is 3.96. The van der Waals surface area contributed by atoms with E-state index in [9.17, 15) is 4.79 Å². The SMILES string of the molecule is Cc1noc2ncc(NC(=O)C[C@@H]3CCC[C@H]3N)cc12.Cl.Cl. The number of hydrogen-bond donors (Lipinski definition) is 2. The summed E-state index contributed by atoms with van der Waals surface area (Å²) in [5.41, 5.74) is 7.90. The second kappa shape index (κ2) is 7.76. The number of nitrogens with one attached hydrogen (secondary N) is 1. The van der Waals surface area contributed by atoms with Crippen molar-refractivity contribution in [1.82, 2.24) is 10.1 Å². The number of aromatic nitrogens is 2. The van der Waals surface area contributed by atoms with Crippen LogP contribution in [-0.4, -0.2) is 22.1 Å². The second-order valence-corrected chi connectivity index (χ2v) is 5.45. The van der Waals surface area contributed by atoms with Crippen LogP contribution >= 0.6 is 24.8 Å². The first kappa shape index (κ1) is 18.7. The number of rotatable bonds is 3. The molecule has 1 aliphatic carbocycles. The van der Waals surface area contributed by atoms with Crippen LogP contribution < -0.4 is 11.1 Å². The van der Waals surface area contributed by atoms with E-state index in [0.29, 0.717) is 23.7 Å². The van der Waals surface area contributed by atoms with Crippen molar-refractivity contribution in [3.05, 3.63) is 18.0 Å². The molecule has 2 atom stereocenters. The quantitative estimate of drug-likeness (QED) is 0.890. The van der Waals surface area contributed by atoms with Crippen molar-refractivity contribution in [2.45, 2.75) is 38.6 Å². The van der Waals surface area contributed by atoms with Gasteiger partial charge in [-0.05, 0) is 31.7 Å². The molecular weight excluding hydrogens is 327 g/mol. The van der Waals surface area contributed by atoms with Crippen molar-refractivity contribution >= 4 is 47.5 Å². The summed E-state index contributed by atoms with van der Waals surface area (Å²) in [6.07, 6.45) is 5.23. The number of carbonyl (C=O) groups is 1. The maximum Gasteiger partial charge on any atom is 0.258 e. The van der Waals surface area contributed by atoms with Gasteiger partial charge in [0.05, 0.1) is 23.0 Å². The van der Waals surface area contributed by atoms with Crippen LogP contribution in [0.3, 0.4) is 0 Å². The van der Waals surface area contributed by atoms with Gasteiger partial charge in [-0.1, -0.05) is 11.6 Å². The van der Waals surface area contributed by atoms with Crippen molar-refractivity contribution in [3.63, 3.8) is 0 Å². The standard InChI is InChI=1S/C14H18N4O2.2ClH/c1-8-11-6-10(7-16-14(11)20-18-8)17-13(19)5-9-3-2-4-12(9)15;;/h6-7,9,12H,2-5,15H2,1H3,(H,17,19);2*1H/t9-,12+;;/m0../s1. The van der Waals surface area contributed by atoms with E-state index < -0.39 is 0 Å². The maximum absolute atomic E-state index is 12.0. The molecule has 122 valence electrons. The molecule has 0 unspecified atom stereocenters. The Bertz CT molecular complexity index is 647. The minimum atomic E-state index is -0.0115. The summed E-state index contributed by atoms with van der Waals surface area (Å²) < 4.78 is 5.04. The number of amides is 1. The summed E-state index contributed by atoms with van der Waals surface area (Å²) >= 11 is 0. The highest BCUT2D eigenvalue weighted by molar-refractivity contribution is 5.92. The Morgan fingerprint density at radius 3 is 2.91 bits per heavy atom. The molecule has 0 spiro atoms. The van der Waals surface area contributed by atoms with E-state index in [1.165, 1.54) is 0 Å². The van der Waals surface area contributed by atoms with Gasteiger partial charge in [0, 0.05) is 12.5 Å². The molecule has 3 N–H and O–H groups in total. The van der Waals surface area contributed by atoms with E-state index in [1.807, 2.05) is 13.0 Å². The van der Waals surface area contributed by atoms with Crippen LogP contribution in [0.15, 0.2) is 16.8 Å². The lowest BCUT2D eigenvalue weighted by atomic mass is 10.00. The Morgan fingerprint density at radius 1 is 1.45 bits per heavy atom. The summed E-state index contributed by atoms with van der Waals surface area (Å²) in [5.74, 6) is 0.284. The maximum atomic E-state index is 12.0. The molecule has 2 heterocycles. The lowest BCUT2D eigenvalue weighted by molar-refractivity contribution is -0.117. The van der Waals surface area contributed by atoms with Gasteiger partial charge in [0.15, 0.2) is 0 Å². The summed E-state index contributed by atoms with van der Waals surface area (Å²) in [4.78, 5) is 16.2. The number of nitrogens with zero attached hydrogens (tertiary/aromatic N) is 2. The van der Waals surface area contributed by atoms with E-state index in [1.54, 1.807) is 6.20 Å². The highest BCUT2D eigenvalue weighted by Gasteiger charge is 2.26. The van der Waals surface area contributed by atoms with Gasteiger partial charge < -0.3 is 15.6 Å². The van der Waals surface area contributed by atoms with Gasteiger partial charge in [-0.25, -0.2) is 4.98 Å². The van der Waals surface area contributed by atoms with Crippen LogP contribution in [0, 0.1) is 12.8 Å². The summed E-state index contributed by atoms with van der Waals surface area (Å²) in [7, 11) is 0. The predicted molar refractivity (Wildman–Crippen MR) is 89.6 cm³/mol. The first-order valence-corrected chi connectivity index (χ1v) is 6.91. The number of aryl methyl sites for hydroxylation is 1. The molecule has 0 aromatic carbocycles. The normalized spacial score (nSPS) is 20.3. The van der Waals surface area contributed by atoms with Crippen LogP contribution in [0.1, 0.15) is 31.4 Å². The van der Waals surface area contributed by atoms with Crippen LogP contribution in [0.25, 0.3) is 11.1 Å². The molecule has 2 aromatic rings. The third-order valence-electron chi connectivity index (χ3n) is 3.96. The van der Waals surface area contributed by atoms with Crippen LogP contribution in [0.2, 0.25) is 0 Å². The fourth-order valence-electron chi connectivity index (χ4n) is 2.78. The zero-order valence-corrected chi connectivity index (χ0v) is 13.9. The highest BCUT2D eigenvalue weighted by atomic mass is 35.5. The molecule has 2 aromatic heterocycles. The minimum Gasteiger partial charge on any atom is -0.336 e. The van der Waals surface area contributed by atoms with Crippen molar-refractivity contribution < 1.29 is 9.32 Å². The van der Waals surface area contributed by atoms with E-state index in [2.05, 4.69) is 15.5 Å². The third kappa shape index (κ3) is 3.88. The number of anilines is 1. The zero-order valence-electron chi connectivity index (χ0n) is 12.2. The largest absolute Gasteiger partial charge is 0.336 e. The monoisotopic (exact) mass is 346 g/mol. The first-order chi connectivity index (χ1) is 9.63. The van der Waals surface area contributed by atoms with Crippen molar-refractivity contribution in [2.75, 3.05) is 5.32 Å². The lowest BCUT2D eigenvalue weighted by Crippen LogP contribution is -2.28. The summed E-state index contributed by atoms with van der Waals surface area (Å²) in [6, 6.07) is 1.99. The number of carbonyl (C=O) groups excluding carboxylic acids is 1. The number of nitrogens with two attached hydrogens (primary N) is 1. The molecule has 0 radical (unpaired) electrons. The molecule has 0 bridgehead atoms. The van der Waals surface area contributed by atoms with E-state index >= 15 is 0 Å². The molecule has 1 amide bonds. The number of fused-ring (bicyclic) bond motifs is 1. The second-order valence-electron chi connectivity index (χ2n) is 5.45. The van der Waals surface area contributed by atoms with Gasteiger partial charge in [0.25, 0.3) is 5.71 Å². The average molecular weight is 347 g/mol. The predicted octanol–water partition coefficient (Wildman–Crippen LogP) is 2.83. The minimum absolute atomic E-state index is 0.